The van der Waals surface area contributed by atoms with Gasteiger partial charge in [-0.05, 0) is 99.9 Å². The molecule has 2 heterocycles. The highest BCUT2D eigenvalue weighted by molar-refractivity contribution is 8.29. The van der Waals surface area contributed by atoms with Gasteiger partial charge in [0, 0.05) is 22.9 Å². The van der Waals surface area contributed by atoms with Gasteiger partial charge in [0.1, 0.15) is 10.1 Å². The van der Waals surface area contributed by atoms with Gasteiger partial charge in [0.05, 0.1) is 0 Å². The van der Waals surface area contributed by atoms with Crippen LogP contribution in [0.5, 0.6) is 0 Å². The molecule has 1 aliphatic rings. The van der Waals surface area contributed by atoms with E-state index in [1.165, 1.54) is 19.3 Å². The van der Waals surface area contributed by atoms with Crippen LogP contribution in [0.1, 0.15) is 81.6 Å². The first-order valence-electron chi connectivity index (χ1n) is 13.9. The molecular formula is C31H48N2S4. The van der Waals surface area contributed by atoms with Crippen molar-refractivity contribution in [3.8, 4) is 0 Å². The Morgan fingerprint density at radius 3 is 1.43 bits per heavy atom. The fourth-order valence-corrected chi connectivity index (χ4v) is 11.5. The van der Waals surface area contributed by atoms with E-state index in [2.05, 4.69) is 96.5 Å². The standard InChI is InChI=1S/C31H48N2S4/c1-21-22(2)30(6,7)26(24(4)36(34)28-17-10-12-19-32-28)15-14-16-27(31(8,9)23(21)3)25(5)37(35)29-18-11-13-20-33-29/h10-13,17-27H,14-16H2,1-9H3/t21-,22+,23-,24?,25?,26?,27?,36?,37?. The minimum Gasteiger partial charge on any atom is -0.250 e. The Balaban J connectivity index is 1.96. The topological polar surface area (TPSA) is 25.8 Å². The van der Waals surface area contributed by atoms with Crippen LogP contribution >= 0.6 is 0 Å². The third-order valence-electron chi connectivity index (χ3n) is 10.4. The lowest BCUT2D eigenvalue weighted by Gasteiger charge is -2.52. The Kier molecular flexibility index (Phi) is 10.7. The normalized spacial score (nSPS) is 31.5. The molecule has 6 unspecified atom stereocenters. The summed E-state index contributed by atoms with van der Waals surface area (Å²) in [4.78, 5) is 9.32. The summed E-state index contributed by atoms with van der Waals surface area (Å²) in [5, 5.41) is 2.97. The van der Waals surface area contributed by atoms with E-state index >= 15 is 0 Å². The summed E-state index contributed by atoms with van der Waals surface area (Å²) < 4.78 is 0. The number of pyridine rings is 2. The molecule has 0 N–H and O–H groups in total. The zero-order valence-corrected chi connectivity index (χ0v) is 27.6. The predicted molar refractivity (Wildman–Crippen MR) is 169 cm³/mol. The van der Waals surface area contributed by atoms with Gasteiger partial charge in [-0.1, -0.05) is 99.8 Å². The number of aromatic nitrogens is 2. The van der Waals surface area contributed by atoms with Crippen LogP contribution in [-0.2, 0) is 41.3 Å². The Bertz CT molecular complexity index is 970. The van der Waals surface area contributed by atoms with E-state index < -0.39 is 0 Å². The fraction of sp³-hybridized carbons (Fsp3) is 0.677. The summed E-state index contributed by atoms with van der Waals surface area (Å²) in [6.45, 7) is 22.4. The summed E-state index contributed by atoms with van der Waals surface area (Å²) in [5.74, 6) is 2.86. The first kappa shape index (κ1) is 31.0. The molecule has 1 fully saturated rings. The summed E-state index contributed by atoms with van der Waals surface area (Å²) >= 11 is 12.4. The second kappa shape index (κ2) is 12.7. The lowest BCUT2D eigenvalue weighted by Crippen LogP contribution is -2.48. The van der Waals surface area contributed by atoms with Gasteiger partial charge in [-0.2, -0.15) is 0 Å². The number of rotatable bonds is 6. The van der Waals surface area contributed by atoms with Crippen molar-refractivity contribution in [3.05, 3.63) is 48.8 Å². The Labute approximate surface area is 241 Å². The average molecular weight is 577 g/mol. The van der Waals surface area contributed by atoms with E-state index in [4.69, 9.17) is 22.4 Å². The average Bonchev–Trinajstić information content (AvgIpc) is 2.90. The molecule has 0 saturated heterocycles. The van der Waals surface area contributed by atoms with Crippen molar-refractivity contribution >= 4 is 41.3 Å². The van der Waals surface area contributed by atoms with Gasteiger partial charge in [0.2, 0.25) is 0 Å². The van der Waals surface area contributed by atoms with Gasteiger partial charge in [-0.3, -0.25) is 0 Å². The number of hydrogen-bond donors (Lipinski definition) is 0. The molecule has 6 heteroatoms. The third kappa shape index (κ3) is 6.61. The van der Waals surface area contributed by atoms with E-state index in [0.717, 1.165) is 10.1 Å². The molecule has 1 aliphatic carbocycles. The van der Waals surface area contributed by atoms with Crippen LogP contribution in [0.2, 0.25) is 0 Å². The van der Waals surface area contributed by atoms with Crippen molar-refractivity contribution in [1.29, 1.82) is 0 Å². The van der Waals surface area contributed by atoms with Gasteiger partial charge < -0.3 is 0 Å². The SMILES string of the molecule is CC(C1CCCC(C(C)S(=S)c2ccccn2)C(C)(C)[C@@H](C)[C@@H](C)[C@@H](C)C1(C)C)S(=S)c1ccccn1. The zero-order chi connectivity index (χ0) is 27.5. The summed E-state index contributed by atoms with van der Waals surface area (Å²) in [5.41, 5.74) is 0.382. The van der Waals surface area contributed by atoms with Crippen molar-refractivity contribution in [3.63, 3.8) is 0 Å². The summed E-state index contributed by atoms with van der Waals surface area (Å²) in [7, 11) is -0.594. The van der Waals surface area contributed by atoms with E-state index in [1.807, 2.05) is 24.5 Å². The van der Waals surface area contributed by atoms with Gasteiger partial charge in [0.15, 0.2) is 0 Å². The first-order valence-corrected chi connectivity index (χ1v) is 18.4. The largest absolute Gasteiger partial charge is 0.250 e. The van der Waals surface area contributed by atoms with Gasteiger partial charge in [-0.25, -0.2) is 9.97 Å². The molecule has 0 amide bonds. The van der Waals surface area contributed by atoms with Crippen LogP contribution in [0.3, 0.4) is 0 Å². The molecule has 2 nitrogen and oxygen atoms in total. The van der Waals surface area contributed by atoms with Crippen molar-refractivity contribution in [2.24, 2.45) is 40.4 Å². The van der Waals surface area contributed by atoms with E-state index in [-0.39, 0.29) is 29.7 Å². The van der Waals surface area contributed by atoms with Crippen LogP contribution in [-0.4, -0.2) is 20.5 Å². The Morgan fingerprint density at radius 1 is 0.730 bits per heavy atom. The van der Waals surface area contributed by atoms with Crippen LogP contribution < -0.4 is 0 Å². The van der Waals surface area contributed by atoms with Crippen LogP contribution in [0.25, 0.3) is 0 Å². The molecule has 0 radical (unpaired) electrons. The first-order chi connectivity index (χ1) is 17.3. The smallest absolute Gasteiger partial charge is 0.100 e. The maximum absolute atomic E-state index is 6.18. The minimum absolute atomic E-state index is 0.191. The Morgan fingerprint density at radius 2 is 1.11 bits per heavy atom. The maximum Gasteiger partial charge on any atom is 0.100 e. The quantitative estimate of drug-likeness (QED) is 0.346. The van der Waals surface area contributed by atoms with E-state index in [0.29, 0.717) is 40.1 Å². The van der Waals surface area contributed by atoms with Gasteiger partial charge >= 0.3 is 0 Å². The molecule has 0 aromatic carbocycles. The molecule has 3 rings (SSSR count). The minimum atomic E-state index is -0.297. The van der Waals surface area contributed by atoms with Crippen LogP contribution in [0, 0.1) is 40.4 Å². The fourth-order valence-electron chi connectivity index (χ4n) is 7.06. The highest BCUT2D eigenvalue weighted by Gasteiger charge is 2.48. The monoisotopic (exact) mass is 576 g/mol. The molecule has 9 atom stereocenters. The molecule has 37 heavy (non-hydrogen) atoms. The third-order valence-corrected chi connectivity index (χ3v) is 16.5. The van der Waals surface area contributed by atoms with Gasteiger partial charge in [0.25, 0.3) is 0 Å². The van der Waals surface area contributed by atoms with Crippen molar-refractivity contribution in [2.45, 2.75) is 102 Å². The molecule has 206 valence electrons. The van der Waals surface area contributed by atoms with Gasteiger partial charge in [-0.15, -0.1) is 0 Å². The predicted octanol–water partition coefficient (Wildman–Crippen LogP) is 8.21. The van der Waals surface area contributed by atoms with Crippen LogP contribution in [0.4, 0.5) is 0 Å². The molecule has 0 aliphatic heterocycles. The summed E-state index contributed by atoms with van der Waals surface area (Å²) in [6, 6.07) is 12.4. The molecule has 0 spiro atoms. The second-order valence-electron chi connectivity index (χ2n) is 12.6. The highest BCUT2D eigenvalue weighted by Crippen LogP contribution is 2.53. The molecule has 0 bridgehead atoms. The van der Waals surface area contributed by atoms with Crippen molar-refractivity contribution in [1.82, 2.24) is 9.97 Å². The lowest BCUT2D eigenvalue weighted by atomic mass is 9.55. The van der Waals surface area contributed by atoms with Crippen molar-refractivity contribution in [2.75, 3.05) is 0 Å². The van der Waals surface area contributed by atoms with E-state index in [9.17, 15) is 0 Å². The summed E-state index contributed by atoms with van der Waals surface area (Å²) in [6.07, 6.45) is 7.41. The molecule has 2 aromatic rings. The molecular weight excluding hydrogens is 529 g/mol. The van der Waals surface area contributed by atoms with Crippen LogP contribution in [0.15, 0.2) is 58.8 Å². The zero-order valence-electron chi connectivity index (χ0n) is 24.3. The highest BCUT2D eigenvalue weighted by atomic mass is 32.8. The lowest BCUT2D eigenvalue weighted by molar-refractivity contribution is -0.00886. The molecule has 2 aromatic heterocycles. The Hall–Kier alpha value is -0.560. The number of hydrogen-bond acceptors (Lipinski definition) is 4. The number of nitrogens with zero attached hydrogens (tertiary/aromatic N) is 2. The maximum atomic E-state index is 6.18. The van der Waals surface area contributed by atoms with Crippen molar-refractivity contribution < 1.29 is 0 Å². The second-order valence-corrected chi connectivity index (χ2v) is 18.2. The molecule has 1 saturated carbocycles. The van der Waals surface area contributed by atoms with E-state index in [1.54, 1.807) is 0 Å².